The summed E-state index contributed by atoms with van der Waals surface area (Å²) in [5.74, 6) is -0.102. The van der Waals surface area contributed by atoms with Crippen LogP contribution >= 0.6 is 11.6 Å². The second-order valence-electron chi connectivity index (χ2n) is 4.73. The minimum absolute atomic E-state index is 0.228. The molecule has 4 nitrogen and oxygen atoms in total. The van der Waals surface area contributed by atoms with Gasteiger partial charge in [0.15, 0.2) is 0 Å². The van der Waals surface area contributed by atoms with Crippen LogP contribution in [-0.2, 0) is 5.54 Å². The number of hydrogen-bond acceptors (Lipinski definition) is 2. The largest absolute Gasteiger partial charge is 0.342 e. The molecule has 0 spiro atoms. The molecule has 2 N–H and O–H groups in total. The highest BCUT2D eigenvalue weighted by atomic mass is 35.5. The number of amides is 1. The fraction of sp³-hybridized carbons (Fsp3) is 0.200. The first kappa shape index (κ1) is 14.3. The third-order valence-electron chi connectivity index (χ3n) is 3.10. The number of pyridine rings is 1. The van der Waals surface area contributed by atoms with Crippen LogP contribution in [0.25, 0.3) is 0 Å². The predicted molar refractivity (Wildman–Crippen MR) is 79.0 cm³/mol. The van der Waals surface area contributed by atoms with Gasteiger partial charge in [0.25, 0.3) is 5.91 Å². The summed E-state index contributed by atoms with van der Waals surface area (Å²) < 4.78 is 0. The van der Waals surface area contributed by atoms with Crippen molar-refractivity contribution in [3.05, 3.63) is 70.1 Å². The Morgan fingerprint density at radius 3 is 2.60 bits per heavy atom. The van der Waals surface area contributed by atoms with Gasteiger partial charge in [-0.1, -0.05) is 30.3 Å². The Morgan fingerprint density at radius 1 is 1.30 bits per heavy atom. The van der Waals surface area contributed by atoms with Gasteiger partial charge < -0.3 is 10.3 Å². The van der Waals surface area contributed by atoms with Crippen LogP contribution in [-0.4, -0.2) is 16.8 Å². The van der Waals surface area contributed by atoms with E-state index in [0.717, 1.165) is 5.56 Å². The van der Waals surface area contributed by atoms with E-state index in [4.69, 9.17) is 11.6 Å². The van der Waals surface area contributed by atoms with Gasteiger partial charge in [-0.3, -0.25) is 9.59 Å². The number of hydrogen-bond donors (Lipinski definition) is 2. The maximum atomic E-state index is 12.2. The molecule has 1 atom stereocenters. The zero-order valence-electron chi connectivity index (χ0n) is 11.0. The number of nitrogens with one attached hydrogen (secondary N) is 2. The Morgan fingerprint density at radius 2 is 2.00 bits per heavy atom. The summed E-state index contributed by atoms with van der Waals surface area (Å²) in [6.07, 6.45) is 1.44. The van der Waals surface area contributed by atoms with Gasteiger partial charge in [0.05, 0.1) is 5.54 Å². The molecule has 1 aromatic carbocycles. The highest BCUT2D eigenvalue weighted by molar-refractivity contribution is 6.19. The Hall–Kier alpha value is -2.07. The fourth-order valence-corrected chi connectivity index (χ4v) is 2.12. The third kappa shape index (κ3) is 3.08. The number of rotatable bonds is 4. The SMILES string of the molecule is CC(CCl)(NC(=O)c1cc[nH]c(=O)c1)c1ccccc1. The lowest BCUT2D eigenvalue weighted by Crippen LogP contribution is -2.45. The number of benzene rings is 1. The van der Waals surface area contributed by atoms with E-state index in [-0.39, 0.29) is 17.3 Å². The fourth-order valence-electron chi connectivity index (χ4n) is 1.90. The van der Waals surface area contributed by atoms with E-state index in [0.29, 0.717) is 5.56 Å². The van der Waals surface area contributed by atoms with E-state index < -0.39 is 5.54 Å². The molecule has 0 aliphatic heterocycles. The minimum Gasteiger partial charge on any atom is -0.342 e. The zero-order chi connectivity index (χ0) is 14.6. The van der Waals surface area contributed by atoms with Crippen LogP contribution in [0.1, 0.15) is 22.8 Å². The summed E-state index contributed by atoms with van der Waals surface area (Å²) in [6, 6.07) is 12.3. The van der Waals surface area contributed by atoms with Crippen LogP contribution < -0.4 is 10.9 Å². The number of aromatic nitrogens is 1. The lowest BCUT2D eigenvalue weighted by molar-refractivity contribution is 0.0913. The lowest BCUT2D eigenvalue weighted by Gasteiger charge is -2.29. The molecule has 0 aliphatic carbocycles. The molecule has 1 amide bonds. The summed E-state index contributed by atoms with van der Waals surface area (Å²) >= 11 is 6.02. The first-order valence-corrected chi connectivity index (χ1v) is 6.71. The van der Waals surface area contributed by atoms with Crippen LogP contribution in [0.3, 0.4) is 0 Å². The van der Waals surface area contributed by atoms with Gasteiger partial charge in [0, 0.05) is 23.7 Å². The minimum atomic E-state index is -0.692. The lowest BCUT2D eigenvalue weighted by atomic mass is 9.93. The summed E-state index contributed by atoms with van der Waals surface area (Å²) in [6.45, 7) is 1.85. The third-order valence-corrected chi connectivity index (χ3v) is 3.64. The quantitative estimate of drug-likeness (QED) is 0.849. The van der Waals surface area contributed by atoms with Crippen molar-refractivity contribution in [1.29, 1.82) is 0 Å². The topological polar surface area (TPSA) is 62.0 Å². The number of halogens is 1. The molecule has 0 saturated carbocycles. The monoisotopic (exact) mass is 290 g/mol. The van der Waals surface area contributed by atoms with Gasteiger partial charge in [-0.25, -0.2) is 0 Å². The average molecular weight is 291 g/mol. The van der Waals surface area contributed by atoms with Gasteiger partial charge in [-0.05, 0) is 18.6 Å². The molecule has 5 heteroatoms. The molecule has 2 rings (SSSR count). The van der Waals surface area contributed by atoms with Crippen molar-refractivity contribution >= 4 is 17.5 Å². The van der Waals surface area contributed by atoms with Gasteiger partial charge >= 0.3 is 0 Å². The molecule has 1 heterocycles. The van der Waals surface area contributed by atoms with Crippen molar-refractivity contribution in [3.63, 3.8) is 0 Å². The number of carbonyl (C=O) groups excluding carboxylic acids is 1. The molecule has 0 aliphatic rings. The van der Waals surface area contributed by atoms with Gasteiger partial charge in [0.2, 0.25) is 5.56 Å². The molecule has 0 fully saturated rings. The molecule has 1 unspecified atom stereocenters. The maximum Gasteiger partial charge on any atom is 0.252 e. The zero-order valence-corrected chi connectivity index (χ0v) is 11.8. The van der Waals surface area contributed by atoms with Gasteiger partial charge in [0.1, 0.15) is 0 Å². The van der Waals surface area contributed by atoms with Crippen LogP contribution in [0.2, 0.25) is 0 Å². The smallest absolute Gasteiger partial charge is 0.252 e. The van der Waals surface area contributed by atoms with Gasteiger partial charge in [-0.2, -0.15) is 0 Å². The van der Waals surface area contributed by atoms with E-state index >= 15 is 0 Å². The Labute approximate surface area is 121 Å². The highest BCUT2D eigenvalue weighted by Gasteiger charge is 2.27. The molecule has 0 radical (unpaired) electrons. The van der Waals surface area contributed by atoms with Crippen molar-refractivity contribution in [1.82, 2.24) is 10.3 Å². The maximum absolute atomic E-state index is 12.2. The Kier molecular flexibility index (Phi) is 4.25. The number of alkyl halides is 1. The molecular formula is C15H15ClN2O2. The standard InChI is InChI=1S/C15H15ClN2O2/c1-15(10-16,12-5-3-2-4-6-12)18-14(20)11-7-8-17-13(19)9-11/h2-9H,10H2,1H3,(H,17,19)(H,18,20). The van der Waals surface area contributed by atoms with E-state index in [2.05, 4.69) is 10.3 Å². The molecule has 2 aromatic rings. The highest BCUT2D eigenvalue weighted by Crippen LogP contribution is 2.22. The summed E-state index contributed by atoms with van der Waals surface area (Å²) in [5, 5.41) is 2.88. The number of carbonyl (C=O) groups is 1. The van der Waals surface area contributed by atoms with Crippen LogP contribution in [0, 0.1) is 0 Å². The number of H-pyrrole nitrogens is 1. The molecule has 1 aromatic heterocycles. The van der Waals surface area contributed by atoms with Crippen LogP contribution in [0.15, 0.2) is 53.5 Å². The van der Waals surface area contributed by atoms with Crippen LogP contribution in [0.5, 0.6) is 0 Å². The molecule has 104 valence electrons. The molecule has 0 bridgehead atoms. The van der Waals surface area contributed by atoms with Crippen molar-refractivity contribution in [2.45, 2.75) is 12.5 Å². The first-order chi connectivity index (χ1) is 9.55. The Bertz CT molecular complexity index is 654. The summed E-state index contributed by atoms with van der Waals surface area (Å²) in [7, 11) is 0. The molecule has 20 heavy (non-hydrogen) atoms. The molecule has 0 saturated heterocycles. The van der Waals surface area contributed by atoms with E-state index in [9.17, 15) is 9.59 Å². The first-order valence-electron chi connectivity index (χ1n) is 6.18. The predicted octanol–water partition coefficient (Wildman–Crippen LogP) is 2.26. The van der Waals surface area contributed by atoms with Crippen molar-refractivity contribution in [2.75, 3.05) is 5.88 Å². The van der Waals surface area contributed by atoms with Gasteiger partial charge in [-0.15, -0.1) is 11.6 Å². The van der Waals surface area contributed by atoms with E-state index in [1.54, 1.807) is 6.07 Å². The second kappa shape index (κ2) is 5.92. The van der Waals surface area contributed by atoms with E-state index in [1.807, 2.05) is 37.3 Å². The number of aromatic amines is 1. The summed E-state index contributed by atoms with van der Waals surface area (Å²) in [5.41, 5.74) is 0.210. The molecular weight excluding hydrogens is 276 g/mol. The second-order valence-corrected chi connectivity index (χ2v) is 4.99. The van der Waals surface area contributed by atoms with Crippen LogP contribution in [0.4, 0.5) is 0 Å². The summed E-state index contributed by atoms with van der Waals surface area (Å²) in [4.78, 5) is 25.9. The van der Waals surface area contributed by atoms with E-state index in [1.165, 1.54) is 12.3 Å². The van der Waals surface area contributed by atoms with Crippen molar-refractivity contribution in [2.24, 2.45) is 0 Å². The van der Waals surface area contributed by atoms with Crippen molar-refractivity contribution in [3.8, 4) is 0 Å². The Balaban J connectivity index is 2.26. The average Bonchev–Trinajstić information content (AvgIpc) is 2.48. The normalized spacial score (nSPS) is 13.5. The van der Waals surface area contributed by atoms with Crippen molar-refractivity contribution < 1.29 is 4.79 Å².